The van der Waals surface area contributed by atoms with E-state index in [4.69, 9.17) is 0 Å². The Bertz CT molecular complexity index is 667. The minimum Gasteiger partial charge on any atom is -0.374 e. The first-order chi connectivity index (χ1) is 9.58. The van der Waals surface area contributed by atoms with Gasteiger partial charge in [0.25, 0.3) is 5.56 Å². The summed E-state index contributed by atoms with van der Waals surface area (Å²) >= 11 is 0. The van der Waals surface area contributed by atoms with Gasteiger partial charge in [0.2, 0.25) is 0 Å². The number of hydrogen-bond donors (Lipinski definition) is 2. The molecular weight excluding hydrogens is 256 g/mol. The monoisotopic (exact) mass is 276 g/mol. The van der Waals surface area contributed by atoms with Gasteiger partial charge in [0.1, 0.15) is 11.7 Å². The Hall–Kier alpha value is -1.63. The predicted molar refractivity (Wildman–Crippen MR) is 77.6 cm³/mol. The van der Waals surface area contributed by atoms with E-state index >= 15 is 0 Å². The van der Waals surface area contributed by atoms with Crippen molar-refractivity contribution < 1.29 is 5.11 Å². The Morgan fingerprint density at radius 3 is 2.65 bits per heavy atom. The molecule has 0 aliphatic carbocycles. The number of fused-ring (bicyclic) bond motifs is 1. The molecule has 2 aromatic heterocycles. The van der Waals surface area contributed by atoms with Gasteiger partial charge in [-0.25, -0.2) is 0 Å². The molecule has 1 unspecified atom stereocenters. The van der Waals surface area contributed by atoms with Gasteiger partial charge >= 0.3 is 0 Å². The summed E-state index contributed by atoms with van der Waals surface area (Å²) in [4.78, 5) is 19.3. The van der Waals surface area contributed by atoms with E-state index in [1.165, 1.54) is 4.57 Å². The van der Waals surface area contributed by atoms with Crippen LogP contribution in [0.1, 0.15) is 11.8 Å². The molecule has 3 heterocycles. The highest BCUT2D eigenvalue weighted by Crippen LogP contribution is 2.25. The number of aliphatic hydroxyl groups excluding tert-OH is 1. The minimum atomic E-state index is -0.672. The zero-order valence-corrected chi connectivity index (χ0v) is 11.8. The fourth-order valence-corrected chi connectivity index (χ4v) is 2.77. The molecule has 6 heteroatoms. The van der Waals surface area contributed by atoms with E-state index in [0.717, 1.165) is 37.1 Å². The third-order valence-electron chi connectivity index (χ3n) is 4.09. The maximum atomic E-state index is 12.0. The number of nitrogens with zero attached hydrogens (tertiary/aromatic N) is 3. The molecule has 2 N–H and O–H groups in total. The summed E-state index contributed by atoms with van der Waals surface area (Å²) in [6.45, 7) is 3.54. The van der Waals surface area contributed by atoms with Gasteiger partial charge < -0.3 is 19.6 Å². The van der Waals surface area contributed by atoms with Crippen LogP contribution >= 0.6 is 0 Å². The van der Waals surface area contributed by atoms with Crippen molar-refractivity contribution in [1.29, 1.82) is 0 Å². The summed E-state index contributed by atoms with van der Waals surface area (Å²) in [6, 6.07) is 1.85. The Kier molecular flexibility index (Phi) is 3.37. The van der Waals surface area contributed by atoms with Crippen LogP contribution in [0.5, 0.6) is 0 Å². The maximum Gasteiger partial charge on any atom is 0.274 e. The second kappa shape index (κ2) is 5.05. The zero-order valence-electron chi connectivity index (χ0n) is 11.8. The summed E-state index contributed by atoms with van der Waals surface area (Å²) in [5.41, 5.74) is 1.27. The molecule has 1 saturated heterocycles. The van der Waals surface area contributed by atoms with Crippen molar-refractivity contribution in [2.45, 2.75) is 6.23 Å². The highest BCUT2D eigenvalue weighted by molar-refractivity contribution is 5.82. The number of aromatic amines is 1. The molecule has 2 aromatic rings. The molecule has 20 heavy (non-hydrogen) atoms. The van der Waals surface area contributed by atoms with Gasteiger partial charge in [-0.2, -0.15) is 0 Å². The van der Waals surface area contributed by atoms with Gasteiger partial charge in [-0.1, -0.05) is 0 Å². The summed E-state index contributed by atoms with van der Waals surface area (Å²) < 4.78 is 1.52. The number of piperazine rings is 1. The first kappa shape index (κ1) is 13.4. The van der Waals surface area contributed by atoms with Gasteiger partial charge in [-0.05, 0) is 13.1 Å². The molecule has 0 radical (unpaired) electrons. The molecule has 1 fully saturated rings. The van der Waals surface area contributed by atoms with E-state index in [0.29, 0.717) is 5.52 Å². The number of aromatic nitrogens is 2. The number of aryl methyl sites for hydroxylation is 1. The Labute approximate surface area is 117 Å². The quantitative estimate of drug-likeness (QED) is 0.817. The molecular formula is C14H20N4O2. The van der Waals surface area contributed by atoms with E-state index in [-0.39, 0.29) is 5.56 Å². The van der Waals surface area contributed by atoms with Gasteiger partial charge in [-0.15, -0.1) is 0 Å². The highest BCUT2D eigenvalue weighted by Gasteiger charge is 2.24. The van der Waals surface area contributed by atoms with Gasteiger partial charge in [0.15, 0.2) is 0 Å². The first-order valence-corrected chi connectivity index (χ1v) is 6.85. The lowest BCUT2D eigenvalue weighted by molar-refractivity contribution is -0.0226. The third kappa shape index (κ3) is 2.15. The van der Waals surface area contributed by atoms with Crippen LogP contribution in [-0.4, -0.2) is 57.7 Å². The Balaban J connectivity index is 1.99. The van der Waals surface area contributed by atoms with Crippen LogP contribution in [0, 0.1) is 0 Å². The normalized spacial score (nSPS) is 19.6. The number of nitrogens with one attached hydrogen (secondary N) is 1. The molecule has 0 saturated carbocycles. The molecule has 1 atom stereocenters. The topological polar surface area (TPSA) is 64.5 Å². The van der Waals surface area contributed by atoms with Gasteiger partial charge in [-0.3, -0.25) is 9.69 Å². The summed E-state index contributed by atoms with van der Waals surface area (Å²) in [6.07, 6.45) is 2.81. The Morgan fingerprint density at radius 1 is 1.25 bits per heavy atom. The van der Waals surface area contributed by atoms with Crippen molar-refractivity contribution in [3.05, 3.63) is 34.4 Å². The minimum absolute atomic E-state index is 0.0701. The van der Waals surface area contributed by atoms with Crippen molar-refractivity contribution in [1.82, 2.24) is 19.4 Å². The SMILES string of the molecule is CN1CCN(C(O)c2cn(C)c(=O)c3[nH]ccc23)CC1. The lowest BCUT2D eigenvalue weighted by Crippen LogP contribution is -2.46. The standard InChI is InChI=1S/C14H20N4O2/c1-16-5-7-18(8-6-16)13(19)11-9-17(2)14(20)12-10(11)3-4-15-12/h3-4,9,13,15,19H,5-8H2,1-2H3. The van der Waals surface area contributed by atoms with Crippen LogP contribution in [0.2, 0.25) is 0 Å². The van der Waals surface area contributed by atoms with Crippen LogP contribution in [-0.2, 0) is 7.05 Å². The van der Waals surface area contributed by atoms with Crippen LogP contribution < -0.4 is 5.56 Å². The lowest BCUT2D eigenvalue weighted by Gasteiger charge is -2.35. The largest absolute Gasteiger partial charge is 0.374 e. The maximum absolute atomic E-state index is 12.0. The van der Waals surface area contributed by atoms with Crippen molar-refractivity contribution in [3.8, 4) is 0 Å². The highest BCUT2D eigenvalue weighted by atomic mass is 16.3. The van der Waals surface area contributed by atoms with Crippen molar-refractivity contribution in [2.24, 2.45) is 7.05 Å². The number of H-pyrrole nitrogens is 1. The van der Waals surface area contributed by atoms with Gasteiger partial charge in [0.05, 0.1) is 0 Å². The first-order valence-electron chi connectivity index (χ1n) is 6.85. The molecule has 3 rings (SSSR count). The zero-order chi connectivity index (χ0) is 14.3. The molecule has 108 valence electrons. The number of aliphatic hydroxyl groups is 1. The van der Waals surface area contributed by atoms with Crippen LogP contribution in [0.4, 0.5) is 0 Å². The van der Waals surface area contributed by atoms with Crippen LogP contribution in [0.3, 0.4) is 0 Å². The predicted octanol–water partition coefficient (Wildman–Crippen LogP) is 0.105. The van der Waals surface area contributed by atoms with Crippen LogP contribution in [0.25, 0.3) is 10.9 Å². The van der Waals surface area contributed by atoms with E-state index in [1.807, 2.05) is 11.0 Å². The number of rotatable bonds is 2. The fraction of sp³-hybridized carbons (Fsp3) is 0.500. The molecule has 0 bridgehead atoms. The fourth-order valence-electron chi connectivity index (χ4n) is 2.77. The van der Waals surface area contributed by atoms with Crippen molar-refractivity contribution in [2.75, 3.05) is 33.2 Å². The van der Waals surface area contributed by atoms with E-state index in [1.54, 1.807) is 19.4 Å². The Morgan fingerprint density at radius 2 is 1.95 bits per heavy atom. The third-order valence-corrected chi connectivity index (χ3v) is 4.09. The summed E-state index contributed by atoms with van der Waals surface area (Å²) in [5.74, 6) is 0. The average molecular weight is 276 g/mol. The summed E-state index contributed by atoms with van der Waals surface area (Å²) in [7, 11) is 3.79. The van der Waals surface area contributed by atoms with E-state index in [2.05, 4.69) is 16.9 Å². The number of pyridine rings is 1. The molecule has 0 aromatic carbocycles. The molecule has 6 nitrogen and oxygen atoms in total. The van der Waals surface area contributed by atoms with Crippen molar-refractivity contribution in [3.63, 3.8) is 0 Å². The summed E-state index contributed by atoms with van der Waals surface area (Å²) in [5, 5.41) is 11.4. The van der Waals surface area contributed by atoms with Crippen LogP contribution in [0.15, 0.2) is 23.3 Å². The van der Waals surface area contributed by atoms with Gasteiger partial charge in [0, 0.05) is 56.6 Å². The smallest absolute Gasteiger partial charge is 0.274 e. The van der Waals surface area contributed by atoms with Crippen molar-refractivity contribution >= 4 is 10.9 Å². The van der Waals surface area contributed by atoms with E-state index in [9.17, 15) is 9.90 Å². The molecule has 0 amide bonds. The number of likely N-dealkylation sites (N-methyl/N-ethyl adjacent to an activating group) is 1. The van der Waals surface area contributed by atoms with E-state index < -0.39 is 6.23 Å². The molecule has 0 spiro atoms. The average Bonchev–Trinajstić information content (AvgIpc) is 2.92. The second-order valence-corrected chi connectivity index (χ2v) is 5.48. The lowest BCUT2D eigenvalue weighted by atomic mass is 10.1. The molecule has 1 aliphatic rings. The molecule has 1 aliphatic heterocycles. The second-order valence-electron chi connectivity index (χ2n) is 5.48. The number of hydrogen-bond acceptors (Lipinski definition) is 4.